The molecule has 0 aliphatic rings. The number of nitrogens with zero attached hydrogens (tertiary/aromatic N) is 1. The molecule has 45 heavy (non-hydrogen) atoms. The molecule has 0 aliphatic carbocycles. The number of rotatable bonds is 5. The van der Waals surface area contributed by atoms with Crippen molar-refractivity contribution >= 4 is 55.2 Å². The molecule has 0 atom stereocenters. The molecule has 4 nitrogen and oxygen atoms in total. The Kier molecular flexibility index (Phi) is 5.78. The number of aromatic nitrogens is 1. The number of fused-ring (bicyclic) bond motifs is 6. The van der Waals surface area contributed by atoms with Crippen molar-refractivity contribution in [3.63, 3.8) is 0 Å². The lowest BCUT2D eigenvalue weighted by Crippen LogP contribution is -1.90. The third kappa shape index (κ3) is 4.43. The second-order valence-electron chi connectivity index (χ2n) is 11.3. The first-order valence-corrected chi connectivity index (χ1v) is 15.0. The number of nitrogens with one attached hydrogen (secondary N) is 1. The molecule has 0 bridgehead atoms. The fourth-order valence-electron chi connectivity index (χ4n) is 6.25. The first-order valence-electron chi connectivity index (χ1n) is 15.0. The third-order valence-electron chi connectivity index (χ3n) is 8.48. The van der Waals surface area contributed by atoms with Gasteiger partial charge in [0.25, 0.3) is 0 Å². The summed E-state index contributed by atoms with van der Waals surface area (Å²) in [6.45, 7) is 0. The molecular formula is C41H26N2O2. The average molecular weight is 579 g/mol. The van der Waals surface area contributed by atoms with Gasteiger partial charge in [-0.15, -0.1) is 0 Å². The molecule has 0 aliphatic heterocycles. The monoisotopic (exact) mass is 578 g/mol. The van der Waals surface area contributed by atoms with Crippen molar-refractivity contribution in [3.05, 3.63) is 152 Å². The Morgan fingerprint density at radius 3 is 1.93 bits per heavy atom. The van der Waals surface area contributed by atoms with E-state index in [1.54, 1.807) is 0 Å². The van der Waals surface area contributed by atoms with E-state index in [9.17, 15) is 0 Å². The molecule has 0 unspecified atom stereocenters. The lowest BCUT2D eigenvalue weighted by Gasteiger charge is -2.10. The number of para-hydroxylation sites is 2. The van der Waals surface area contributed by atoms with E-state index in [4.69, 9.17) is 13.8 Å². The van der Waals surface area contributed by atoms with Crippen molar-refractivity contribution in [2.75, 3.05) is 5.32 Å². The number of anilines is 2. The predicted octanol–water partition coefficient (Wildman–Crippen LogP) is 11.6. The topological polar surface area (TPSA) is 51.2 Å². The molecule has 7 aromatic carbocycles. The van der Waals surface area contributed by atoms with Gasteiger partial charge >= 0.3 is 0 Å². The van der Waals surface area contributed by atoms with Gasteiger partial charge in [0.15, 0.2) is 5.58 Å². The minimum absolute atomic E-state index is 0.603. The summed E-state index contributed by atoms with van der Waals surface area (Å²) in [5.41, 5.74) is 10.9. The maximum atomic E-state index is 6.60. The summed E-state index contributed by atoms with van der Waals surface area (Å²) in [4.78, 5) is 4.73. The summed E-state index contributed by atoms with van der Waals surface area (Å²) in [7, 11) is 0. The summed E-state index contributed by atoms with van der Waals surface area (Å²) < 4.78 is 12.7. The van der Waals surface area contributed by atoms with Crippen molar-refractivity contribution in [1.82, 2.24) is 4.98 Å². The molecule has 0 fully saturated rings. The van der Waals surface area contributed by atoms with Crippen LogP contribution in [-0.4, -0.2) is 4.98 Å². The number of oxazole rings is 1. The number of hydrogen-bond acceptors (Lipinski definition) is 4. The van der Waals surface area contributed by atoms with Gasteiger partial charge in [-0.25, -0.2) is 4.98 Å². The highest BCUT2D eigenvalue weighted by Gasteiger charge is 2.18. The van der Waals surface area contributed by atoms with E-state index < -0.39 is 0 Å². The first kappa shape index (κ1) is 25.4. The summed E-state index contributed by atoms with van der Waals surface area (Å²) in [5, 5.41) is 8.00. The number of hydrogen-bond donors (Lipinski definition) is 1. The van der Waals surface area contributed by atoms with E-state index >= 15 is 0 Å². The highest BCUT2D eigenvalue weighted by atomic mass is 16.3. The summed E-state index contributed by atoms with van der Waals surface area (Å²) in [6.07, 6.45) is 0. The van der Waals surface area contributed by atoms with Gasteiger partial charge in [-0.1, -0.05) is 91.0 Å². The van der Waals surface area contributed by atoms with Gasteiger partial charge in [0.2, 0.25) is 5.89 Å². The number of furan rings is 1. The standard InChI is InChI=1S/C41H26N2O2/c1-2-8-26(9-3-1)27-14-19-31(20-15-27)42-32-21-16-28(17-22-32)34-24-29-10-4-5-11-33(29)39-35-25-30(18-23-37(35)44-40(34)39)41-43-36-12-6-7-13-38(36)45-41/h1-25,42H. The highest BCUT2D eigenvalue weighted by Crippen LogP contribution is 2.42. The lowest BCUT2D eigenvalue weighted by atomic mass is 9.96. The fourth-order valence-corrected chi connectivity index (χ4v) is 6.25. The van der Waals surface area contributed by atoms with Gasteiger partial charge in [0, 0.05) is 33.3 Å². The molecule has 9 rings (SSSR count). The van der Waals surface area contributed by atoms with E-state index in [1.807, 2.05) is 42.5 Å². The Bertz CT molecular complexity index is 2460. The van der Waals surface area contributed by atoms with Crippen molar-refractivity contribution in [3.8, 4) is 33.7 Å². The molecule has 2 aromatic heterocycles. The second-order valence-corrected chi connectivity index (χ2v) is 11.3. The molecule has 2 heterocycles. The van der Waals surface area contributed by atoms with Gasteiger partial charge in [-0.05, 0) is 88.1 Å². The van der Waals surface area contributed by atoms with Gasteiger partial charge < -0.3 is 14.2 Å². The van der Waals surface area contributed by atoms with Gasteiger partial charge in [-0.3, -0.25) is 0 Å². The van der Waals surface area contributed by atoms with Crippen LogP contribution in [0, 0.1) is 0 Å². The molecule has 0 amide bonds. The quantitative estimate of drug-likeness (QED) is 0.221. The molecule has 0 spiro atoms. The SMILES string of the molecule is c1ccc(-c2ccc(Nc3ccc(-c4cc5ccccc5c5c4oc4ccc(-c6nc7ccccc7o6)cc45)cc3)cc2)cc1. The normalized spacial score (nSPS) is 11.6. The Morgan fingerprint density at radius 1 is 0.467 bits per heavy atom. The Hall–Kier alpha value is -6.13. The Labute approximate surface area is 259 Å². The van der Waals surface area contributed by atoms with Gasteiger partial charge in [0.05, 0.1) is 0 Å². The van der Waals surface area contributed by atoms with Crippen LogP contribution in [0.3, 0.4) is 0 Å². The molecular weight excluding hydrogens is 552 g/mol. The minimum atomic E-state index is 0.603. The molecule has 9 aromatic rings. The fraction of sp³-hybridized carbons (Fsp3) is 0. The van der Waals surface area contributed by atoms with E-state index in [2.05, 4.69) is 115 Å². The van der Waals surface area contributed by atoms with Crippen molar-refractivity contribution in [2.24, 2.45) is 0 Å². The van der Waals surface area contributed by atoms with Crippen LogP contribution in [0.25, 0.3) is 77.5 Å². The lowest BCUT2D eigenvalue weighted by molar-refractivity contribution is 0.620. The molecule has 0 radical (unpaired) electrons. The second kappa shape index (κ2) is 10.2. The Balaban J connectivity index is 1.10. The molecule has 212 valence electrons. The summed E-state index contributed by atoms with van der Waals surface area (Å²) in [5.74, 6) is 0.603. The Morgan fingerprint density at radius 2 is 1.13 bits per heavy atom. The van der Waals surface area contributed by atoms with Crippen LogP contribution in [0.2, 0.25) is 0 Å². The zero-order valence-electron chi connectivity index (χ0n) is 24.2. The minimum Gasteiger partial charge on any atom is -0.455 e. The number of benzene rings is 7. The van der Waals surface area contributed by atoms with Crippen LogP contribution in [0.15, 0.2) is 160 Å². The summed E-state index contributed by atoms with van der Waals surface area (Å²) in [6, 6.07) is 52.3. The van der Waals surface area contributed by atoms with Crippen LogP contribution in [0.1, 0.15) is 0 Å². The van der Waals surface area contributed by atoms with Crippen LogP contribution in [-0.2, 0) is 0 Å². The molecule has 4 heteroatoms. The molecule has 0 saturated carbocycles. The first-order chi connectivity index (χ1) is 22.3. The smallest absolute Gasteiger partial charge is 0.227 e. The van der Waals surface area contributed by atoms with E-state index in [0.29, 0.717) is 5.89 Å². The van der Waals surface area contributed by atoms with Crippen molar-refractivity contribution in [1.29, 1.82) is 0 Å². The van der Waals surface area contributed by atoms with Crippen molar-refractivity contribution < 1.29 is 8.83 Å². The average Bonchev–Trinajstić information content (AvgIpc) is 3.71. The third-order valence-corrected chi connectivity index (χ3v) is 8.48. The zero-order chi connectivity index (χ0) is 29.7. The highest BCUT2D eigenvalue weighted by molar-refractivity contribution is 6.22. The van der Waals surface area contributed by atoms with Gasteiger partial charge in [0.1, 0.15) is 16.7 Å². The van der Waals surface area contributed by atoms with E-state index in [1.165, 1.54) is 11.1 Å². The van der Waals surface area contributed by atoms with Crippen molar-refractivity contribution in [2.45, 2.75) is 0 Å². The zero-order valence-corrected chi connectivity index (χ0v) is 24.2. The van der Waals surface area contributed by atoms with E-state index in [-0.39, 0.29) is 0 Å². The van der Waals surface area contributed by atoms with E-state index in [0.717, 1.165) is 71.9 Å². The molecule has 1 N–H and O–H groups in total. The summed E-state index contributed by atoms with van der Waals surface area (Å²) >= 11 is 0. The van der Waals surface area contributed by atoms with Crippen LogP contribution in [0.5, 0.6) is 0 Å². The van der Waals surface area contributed by atoms with Crippen LogP contribution < -0.4 is 5.32 Å². The predicted molar refractivity (Wildman–Crippen MR) is 185 cm³/mol. The van der Waals surface area contributed by atoms with Crippen LogP contribution in [0.4, 0.5) is 11.4 Å². The van der Waals surface area contributed by atoms with Crippen LogP contribution >= 0.6 is 0 Å². The molecule has 0 saturated heterocycles. The maximum Gasteiger partial charge on any atom is 0.227 e. The van der Waals surface area contributed by atoms with Gasteiger partial charge in [-0.2, -0.15) is 0 Å². The maximum absolute atomic E-state index is 6.60. The largest absolute Gasteiger partial charge is 0.455 e.